The van der Waals surface area contributed by atoms with E-state index in [1.54, 1.807) is 7.11 Å². The van der Waals surface area contributed by atoms with Gasteiger partial charge >= 0.3 is 0 Å². The van der Waals surface area contributed by atoms with Gasteiger partial charge in [0.15, 0.2) is 0 Å². The third-order valence-electron chi connectivity index (χ3n) is 3.68. The third-order valence-corrected chi connectivity index (χ3v) is 3.68. The number of rotatable bonds is 3. The van der Waals surface area contributed by atoms with Gasteiger partial charge in [0.1, 0.15) is 5.75 Å². The SMILES string of the molecule is CC[C@@H]1CCCCN1C(=O)c1cccc(OC)c1. The van der Waals surface area contributed by atoms with Crippen molar-refractivity contribution < 1.29 is 9.53 Å². The van der Waals surface area contributed by atoms with Crippen molar-refractivity contribution in [2.24, 2.45) is 0 Å². The lowest BCUT2D eigenvalue weighted by atomic mass is 9.99. The summed E-state index contributed by atoms with van der Waals surface area (Å²) in [6.45, 7) is 3.04. The van der Waals surface area contributed by atoms with Gasteiger partial charge in [-0.25, -0.2) is 0 Å². The van der Waals surface area contributed by atoms with E-state index in [1.165, 1.54) is 6.42 Å². The van der Waals surface area contributed by atoms with Gasteiger partial charge in [0, 0.05) is 18.2 Å². The molecule has 1 saturated heterocycles. The van der Waals surface area contributed by atoms with Crippen LogP contribution in [-0.4, -0.2) is 30.5 Å². The van der Waals surface area contributed by atoms with E-state index in [0.29, 0.717) is 6.04 Å². The molecule has 3 heteroatoms. The predicted molar refractivity (Wildman–Crippen MR) is 72.0 cm³/mol. The highest BCUT2D eigenvalue weighted by Gasteiger charge is 2.26. The Morgan fingerprint density at radius 3 is 3.00 bits per heavy atom. The Morgan fingerprint density at radius 1 is 1.44 bits per heavy atom. The van der Waals surface area contributed by atoms with E-state index in [1.807, 2.05) is 29.2 Å². The van der Waals surface area contributed by atoms with Crippen LogP contribution in [0.3, 0.4) is 0 Å². The van der Waals surface area contributed by atoms with Gasteiger partial charge in [-0.05, 0) is 43.9 Å². The minimum absolute atomic E-state index is 0.139. The van der Waals surface area contributed by atoms with Crippen molar-refractivity contribution in [2.45, 2.75) is 38.6 Å². The minimum Gasteiger partial charge on any atom is -0.497 e. The van der Waals surface area contributed by atoms with Gasteiger partial charge in [0.2, 0.25) is 0 Å². The average Bonchev–Trinajstić information content (AvgIpc) is 2.46. The summed E-state index contributed by atoms with van der Waals surface area (Å²) in [5.74, 6) is 0.881. The van der Waals surface area contributed by atoms with Gasteiger partial charge < -0.3 is 9.64 Å². The first-order valence-electron chi connectivity index (χ1n) is 6.71. The van der Waals surface area contributed by atoms with Crippen LogP contribution < -0.4 is 4.74 Å². The van der Waals surface area contributed by atoms with Crippen molar-refractivity contribution >= 4 is 5.91 Å². The molecule has 1 fully saturated rings. The second-order valence-electron chi connectivity index (χ2n) is 4.79. The van der Waals surface area contributed by atoms with E-state index in [0.717, 1.165) is 37.1 Å². The van der Waals surface area contributed by atoms with E-state index >= 15 is 0 Å². The standard InChI is InChI=1S/C15H21NO2/c1-3-13-8-4-5-10-16(13)15(17)12-7-6-9-14(11-12)18-2/h6-7,9,11,13H,3-5,8,10H2,1-2H3/t13-/m1/s1. The molecule has 1 atom stereocenters. The number of likely N-dealkylation sites (tertiary alicyclic amines) is 1. The molecular formula is C15H21NO2. The molecule has 0 saturated carbocycles. The number of hydrogen-bond donors (Lipinski definition) is 0. The predicted octanol–water partition coefficient (Wildman–Crippen LogP) is 3.10. The van der Waals surface area contributed by atoms with Gasteiger partial charge in [-0.3, -0.25) is 4.79 Å². The first-order valence-corrected chi connectivity index (χ1v) is 6.71. The first kappa shape index (κ1) is 12.9. The summed E-state index contributed by atoms with van der Waals surface area (Å²) < 4.78 is 5.17. The highest BCUT2D eigenvalue weighted by Crippen LogP contribution is 2.23. The van der Waals surface area contributed by atoms with E-state index in [-0.39, 0.29) is 5.91 Å². The maximum atomic E-state index is 12.5. The average molecular weight is 247 g/mol. The fourth-order valence-corrected chi connectivity index (χ4v) is 2.61. The lowest BCUT2D eigenvalue weighted by Crippen LogP contribution is -2.43. The quantitative estimate of drug-likeness (QED) is 0.821. The molecule has 0 unspecified atom stereocenters. The molecule has 2 rings (SSSR count). The molecule has 1 aliphatic rings. The lowest BCUT2D eigenvalue weighted by molar-refractivity contribution is 0.0607. The Bertz CT molecular complexity index is 417. The van der Waals surface area contributed by atoms with Crippen molar-refractivity contribution in [1.29, 1.82) is 0 Å². The zero-order valence-electron chi connectivity index (χ0n) is 11.2. The monoisotopic (exact) mass is 247 g/mol. The molecule has 3 nitrogen and oxygen atoms in total. The van der Waals surface area contributed by atoms with Crippen molar-refractivity contribution in [3.8, 4) is 5.75 Å². The van der Waals surface area contributed by atoms with Gasteiger partial charge in [0.25, 0.3) is 5.91 Å². The summed E-state index contributed by atoms with van der Waals surface area (Å²) in [5, 5.41) is 0. The highest BCUT2D eigenvalue weighted by molar-refractivity contribution is 5.94. The molecule has 0 N–H and O–H groups in total. The van der Waals surface area contributed by atoms with Gasteiger partial charge in [0.05, 0.1) is 7.11 Å². The molecule has 18 heavy (non-hydrogen) atoms. The fraction of sp³-hybridized carbons (Fsp3) is 0.533. The fourth-order valence-electron chi connectivity index (χ4n) is 2.61. The number of methoxy groups -OCH3 is 1. The summed E-state index contributed by atoms with van der Waals surface area (Å²) in [5.41, 5.74) is 0.731. The molecule has 1 amide bonds. The second-order valence-corrected chi connectivity index (χ2v) is 4.79. The van der Waals surface area contributed by atoms with Crippen LogP contribution in [0.15, 0.2) is 24.3 Å². The largest absolute Gasteiger partial charge is 0.497 e. The van der Waals surface area contributed by atoms with Gasteiger partial charge in [-0.1, -0.05) is 13.0 Å². The lowest BCUT2D eigenvalue weighted by Gasteiger charge is -2.35. The van der Waals surface area contributed by atoms with E-state index in [4.69, 9.17) is 4.74 Å². The smallest absolute Gasteiger partial charge is 0.254 e. The van der Waals surface area contributed by atoms with Crippen molar-refractivity contribution in [3.05, 3.63) is 29.8 Å². The Labute approximate surface area is 109 Å². The Morgan fingerprint density at radius 2 is 2.28 bits per heavy atom. The van der Waals surface area contributed by atoms with E-state index in [2.05, 4.69) is 6.92 Å². The number of carbonyl (C=O) groups is 1. The van der Waals surface area contributed by atoms with Crippen molar-refractivity contribution in [2.75, 3.05) is 13.7 Å². The molecule has 0 spiro atoms. The molecule has 1 heterocycles. The van der Waals surface area contributed by atoms with Crippen LogP contribution in [0.1, 0.15) is 43.0 Å². The maximum absolute atomic E-state index is 12.5. The topological polar surface area (TPSA) is 29.5 Å². The zero-order chi connectivity index (χ0) is 13.0. The Kier molecular flexibility index (Phi) is 4.24. The van der Waals surface area contributed by atoms with Crippen molar-refractivity contribution in [3.63, 3.8) is 0 Å². The van der Waals surface area contributed by atoms with Gasteiger partial charge in [-0.15, -0.1) is 0 Å². The summed E-state index contributed by atoms with van der Waals surface area (Å²) >= 11 is 0. The Hall–Kier alpha value is -1.51. The van der Waals surface area contributed by atoms with Crippen LogP contribution in [0.4, 0.5) is 0 Å². The number of hydrogen-bond acceptors (Lipinski definition) is 2. The van der Waals surface area contributed by atoms with Crippen LogP contribution in [0.5, 0.6) is 5.75 Å². The maximum Gasteiger partial charge on any atom is 0.254 e. The molecule has 0 bridgehead atoms. The van der Waals surface area contributed by atoms with Gasteiger partial charge in [-0.2, -0.15) is 0 Å². The summed E-state index contributed by atoms with van der Waals surface area (Å²) in [4.78, 5) is 14.5. The van der Waals surface area contributed by atoms with Crippen LogP contribution in [-0.2, 0) is 0 Å². The molecular weight excluding hydrogens is 226 g/mol. The molecule has 0 aromatic heterocycles. The molecule has 0 aliphatic carbocycles. The number of amides is 1. The number of ether oxygens (including phenoxy) is 1. The molecule has 98 valence electrons. The van der Waals surface area contributed by atoms with Crippen LogP contribution in [0.25, 0.3) is 0 Å². The summed E-state index contributed by atoms with van der Waals surface area (Å²) in [7, 11) is 1.62. The number of piperidine rings is 1. The number of benzene rings is 1. The van der Waals surface area contributed by atoms with Crippen LogP contribution in [0.2, 0.25) is 0 Å². The minimum atomic E-state index is 0.139. The van der Waals surface area contributed by atoms with E-state index in [9.17, 15) is 4.79 Å². The molecule has 1 aromatic carbocycles. The summed E-state index contributed by atoms with van der Waals surface area (Å²) in [6.07, 6.45) is 4.52. The summed E-state index contributed by atoms with van der Waals surface area (Å²) in [6, 6.07) is 7.83. The van der Waals surface area contributed by atoms with Crippen molar-refractivity contribution in [1.82, 2.24) is 4.90 Å². The van der Waals surface area contributed by atoms with Crippen LogP contribution in [0, 0.1) is 0 Å². The first-order chi connectivity index (χ1) is 8.76. The number of nitrogens with zero attached hydrogens (tertiary/aromatic N) is 1. The second kappa shape index (κ2) is 5.89. The van der Waals surface area contributed by atoms with E-state index < -0.39 is 0 Å². The highest BCUT2D eigenvalue weighted by atomic mass is 16.5. The molecule has 1 aromatic rings. The Balaban J connectivity index is 2.18. The third kappa shape index (κ3) is 2.66. The molecule has 0 radical (unpaired) electrons. The van der Waals surface area contributed by atoms with Crippen LogP contribution >= 0.6 is 0 Å². The normalized spacial score (nSPS) is 19.7. The molecule has 1 aliphatic heterocycles. The zero-order valence-corrected chi connectivity index (χ0v) is 11.2. The number of carbonyl (C=O) groups excluding carboxylic acids is 1.